The van der Waals surface area contributed by atoms with Gasteiger partial charge in [0.05, 0.1) is 24.0 Å². The van der Waals surface area contributed by atoms with Gasteiger partial charge in [0.15, 0.2) is 17.4 Å². The molecule has 35 heavy (non-hydrogen) atoms. The summed E-state index contributed by atoms with van der Waals surface area (Å²) in [5.74, 6) is -1.65. The number of amides is 1. The van der Waals surface area contributed by atoms with Gasteiger partial charge in [0.2, 0.25) is 11.9 Å². The van der Waals surface area contributed by atoms with E-state index in [4.69, 9.17) is 11.6 Å². The van der Waals surface area contributed by atoms with Gasteiger partial charge >= 0.3 is 6.36 Å². The molecule has 2 fully saturated rings. The Labute approximate surface area is 200 Å². The number of alkyl halides is 3. The second-order valence-electron chi connectivity index (χ2n) is 7.93. The molecule has 1 N–H and O–H groups in total. The Bertz CT molecular complexity index is 1340. The predicted octanol–water partition coefficient (Wildman–Crippen LogP) is 3.83. The molecule has 2 aliphatic heterocycles. The minimum absolute atomic E-state index is 0.0167. The van der Waals surface area contributed by atoms with Gasteiger partial charge in [0.1, 0.15) is 22.4 Å². The zero-order chi connectivity index (χ0) is 24.9. The van der Waals surface area contributed by atoms with Gasteiger partial charge in [-0.25, -0.2) is 24.3 Å². The molecule has 2 atom stereocenters. The third kappa shape index (κ3) is 4.27. The van der Waals surface area contributed by atoms with Crippen LogP contribution in [0.3, 0.4) is 0 Å². The second kappa shape index (κ2) is 8.48. The summed E-state index contributed by atoms with van der Waals surface area (Å²) in [5, 5.41) is 1.87. The molecule has 2 aliphatic rings. The van der Waals surface area contributed by atoms with Crippen molar-refractivity contribution in [3.05, 3.63) is 48.2 Å². The van der Waals surface area contributed by atoms with E-state index in [1.165, 1.54) is 18.6 Å². The SMILES string of the molecule is C=CC(=O)N1C[C@@H]2C[C@H]1CN2c1ncc2ncnc(Nc3ccc(OC(F)(F)F)c(Cl)c3F)c2n1. The number of likely N-dealkylation sites (tertiary alicyclic amines) is 1. The number of fused-ring (bicyclic) bond motifs is 3. The molecule has 2 aromatic heterocycles. The van der Waals surface area contributed by atoms with E-state index in [1.807, 2.05) is 4.90 Å². The first kappa shape index (κ1) is 23.0. The first-order valence-corrected chi connectivity index (χ1v) is 10.7. The summed E-state index contributed by atoms with van der Waals surface area (Å²) in [7, 11) is 0. The fraction of sp³-hybridized carbons (Fsp3) is 0.286. The van der Waals surface area contributed by atoms with Crippen LogP contribution in [0.15, 0.2) is 37.3 Å². The van der Waals surface area contributed by atoms with Crippen molar-refractivity contribution in [3.8, 4) is 5.75 Å². The summed E-state index contributed by atoms with van der Waals surface area (Å²) in [5.41, 5.74) is 0.400. The minimum atomic E-state index is -5.02. The molecule has 2 saturated heterocycles. The molecule has 0 unspecified atom stereocenters. The number of anilines is 3. The summed E-state index contributed by atoms with van der Waals surface area (Å²) in [6.45, 7) is 4.59. The van der Waals surface area contributed by atoms with Gasteiger partial charge < -0.3 is 19.9 Å². The maximum absolute atomic E-state index is 14.7. The highest BCUT2D eigenvalue weighted by atomic mass is 35.5. The zero-order valence-electron chi connectivity index (χ0n) is 17.8. The molecule has 0 radical (unpaired) electrons. The van der Waals surface area contributed by atoms with Crippen molar-refractivity contribution in [1.82, 2.24) is 24.8 Å². The fourth-order valence-electron chi connectivity index (χ4n) is 4.33. The van der Waals surface area contributed by atoms with Crippen molar-refractivity contribution >= 4 is 46.0 Å². The molecule has 14 heteroatoms. The molecule has 0 aliphatic carbocycles. The Kier molecular flexibility index (Phi) is 5.58. The van der Waals surface area contributed by atoms with Gasteiger partial charge in [0, 0.05) is 13.1 Å². The topological polar surface area (TPSA) is 96.4 Å². The van der Waals surface area contributed by atoms with E-state index in [-0.39, 0.29) is 35.0 Å². The largest absolute Gasteiger partial charge is 0.573 e. The highest BCUT2D eigenvalue weighted by Crippen LogP contribution is 2.37. The zero-order valence-corrected chi connectivity index (χ0v) is 18.5. The maximum Gasteiger partial charge on any atom is 0.573 e. The van der Waals surface area contributed by atoms with Crippen molar-refractivity contribution in [2.75, 3.05) is 23.3 Å². The fourth-order valence-corrected chi connectivity index (χ4v) is 4.54. The number of hydrogen-bond acceptors (Lipinski definition) is 8. The number of halogens is 5. The van der Waals surface area contributed by atoms with E-state index in [2.05, 4.69) is 36.6 Å². The van der Waals surface area contributed by atoms with Crippen molar-refractivity contribution in [2.24, 2.45) is 0 Å². The number of benzene rings is 1. The lowest BCUT2D eigenvalue weighted by Crippen LogP contribution is -2.48. The van der Waals surface area contributed by atoms with Gasteiger partial charge in [-0.3, -0.25) is 4.79 Å². The number of nitrogens with one attached hydrogen (secondary N) is 1. The quantitative estimate of drug-likeness (QED) is 0.409. The lowest BCUT2D eigenvalue weighted by atomic mass is 10.2. The van der Waals surface area contributed by atoms with Gasteiger partial charge in [-0.05, 0) is 24.6 Å². The summed E-state index contributed by atoms with van der Waals surface area (Å²) in [4.78, 5) is 32.9. The third-order valence-corrected chi connectivity index (χ3v) is 6.20. The Morgan fingerprint density at radius 3 is 2.71 bits per heavy atom. The lowest BCUT2D eigenvalue weighted by molar-refractivity contribution is -0.274. The van der Waals surface area contributed by atoms with Crippen molar-refractivity contribution in [2.45, 2.75) is 24.9 Å². The number of carbonyl (C=O) groups is 1. The Balaban J connectivity index is 1.43. The van der Waals surface area contributed by atoms with Crippen LogP contribution in [-0.2, 0) is 4.79 Å². The predicted molar refractivity (Wildman–Crippen MR) is 118 cm³/mol. The van der Waals surface area contributed by atoms with Crippen LogP contribution in [0, 0.1) is 5.82 Å². The summed E-state index contributed by atoms with van der Waals surface area (Å²) in [6, 6.07) is 1.98. The Morgan fingerprint density at radius 1 is 1.23 bits per heavy atom. The van der Waals surface area contributed by atoms with Crippen LogP contribution in [0.5, 0.6) is 5.75 Å². The van der Waals surface area contributed by atoms with Gasteiger partial charge in [-0.15, -0.1) is 13.2 Å². The van der Waals surface area contributed by atoms with E-state index in [0.29, 0.717) is 24.6 Å². The van der Waals surface area contributed by atoms with Crippen LogP contribution in [0.4, 0.5) is 35.0 Å². The molecule has 3 aromatic rings. The number of carbonyl (C=O) groups excluding carboxylic acids is 1. The summed E-state index contributed by atoms with van der Waals surface area (Å²) < 4.78 is 55.9. The minimum Gasteiger partial charge on any atom is -0.404 e. The first-order valence-electron chi connectivity index (χ1n) is 10.3. The molecule has 9 nitrogen and oxygen atoms in total. The smallest absolute Gasteiger partial charge is 0.404 e. The number of ether oxygens (including phenoxy) is 1. The highest BCUT2D eigenvalue weighted by Gasteiger charge is 2.45. The van der Waals surface area contributed by atoms with Gasteiger partial charge in [-0.1, -0.05) is 18.2 Å². The average Bonchev–Trinajstić information content (AvgIpc) is 3.44. The maximum atomic E-state index is 14.7. The van der Waals surface area contributed by atoms with Crippen LogP contribution in [0.25, 0.3) is 11.0 Å². The van der Waals surface area contributed by atoms with E-state index in [9.17, 15) is 22.4 Å². The standard InChI is InChI=1S/C21H16ClF4N7O2/c1-2-15(34)32-7-11-5-10(32)8-33(11)20-27-6-13-18(31-20)19(29-9-28-13)30-12-3-4-14(16(22)17(12)23)35-21(24,25)26/h2-4,6,9-11H,1,5,7-8H2,(H,28,29,30)/t10-,11-/m0/s1. The number of rotatable bonds is 5. The summed E-state index contributed by atoms with van der Waals surface area (Å²) in [6.07, 6.45) is -0.253. The number of nitrogens with zero attached hydrogens (tertiary/aromatic N) is 6. The van der Waals surface area contributed by atoms with E-state index >= 15 is 0 Å². The normalized spacial score (nSPS) is 19.3. The third-order valence-electron chi connectivity index (χ3n) is 5.85. The number of aromatic nitrogens is 4. The molecule has 2 bridgehead atoms. The molecule has 5 rings (SSSR count). The van der Waals surface area contributed by atoms with Crippen LogP contribution in [0.1, 0.15) is 6.42 Å². The molecule has 0 saturated carbocycles. The number of piperazine rings is 1. The van der Waals surface area contributed by atoms with E-state index in [0.717, 1.165) is 18.6 Å². The molecular formula is C21H16ClF4N7O2. The van der Waals surface area contributed by atoms with Crippen LogP contribution < -0.4 is 15.0 Å². The number of hydrogen-bond donors (Lipinski definition) is 1. The van der Waals surface area contributed by atoms with E-state index in [1.54, 1.807) is 4.90 Å². The summed E-state index contributed by atoms with van der Waals surface area (Å²) >= 11 is 5.74. The van der Waals surface area contributed by atoms with Crippen LogP contribution in [0.2, 0.25) is 5.02 Å². The lowest BCUT2D eigenvalue weighted by Gasteiger charge is -2.33. The molecule has 1 aromatic carbocycles. The molecule has 4 heterocycles. The van der Waals surface area contributed by atoms with Crippen LogP contribution in [-0.4, -0.2) is 62.3 Å². The molecule has 1 amide bonds. The molecule has 0 spiro atoms. The Hall–Kier alpha value is -3.74. The second-order valence-corrected chi connectivity index (χ2v) is 8.31. The van der Waals surface area contributed by atoms with E-state index < -0.39 is 23.0 Å². The monoisotopic (exact) mass is 509 g/mol. The highest BCUT2D eigenvalue weighted by molar-refractivity contribution is 6.32. The van der Waals surface area contributed by atoms with Gasteiger partial charge in [0.25, 0.3) is 0 Å². The van der Waals surface area contributed by atoms with Crippen molar-refractivity contribution in [3.63, 3.8) is 0 Å². The Morgan fingerprint density at radius 2 is 2.03 bits per heavy atom. The van der Waals surface area contributed by atoms with Crippen LogP contribution >= 0.6 is 11.6 Å². The van der Waals surface area contributed by atoms with Gasteiger partial charge in [-0.2, -0.15) is 0 Å². The molecule has 182 valence electrons. The first-order chi connectivity index (χ1) is 16.6. The van der Waals surface area contributed by atoms with Crippen molar-refractivity contribution < 1.29 is 27.1 Å². The van der Waals surface area contributed by atoms with Crippen molar-refractivity contribution in [1.29, 1.82) is 0 Å². The average molecular weight is 510 g/mol. The molecular weight excluding hydrogens is 494 g/mol.